The number of benzene rings is 1. The van der Waals surface area contributed by atoms with Gasteiger partial charge in [-0.1, -0.05) is 6.07 Å². The number of aromatic amines is 2. The largest absolute Gasteiger partial charge is 0.444 e. The van der Waals surface area contributed by atoms with Gasteiger partial charge in [0.1, 0.15) is 11.3 Å². The van der Waals surface area contributed by atoms with E-state index >= 15 is 0 Å². The molecule has 1 aliphatic rings. The van der Waals surface area contributed by atoms with Crippen molar-refractivity contribution in [3.8, 4) is 11.5 Å². The topological polar surface area (TPSA) is 108 Å². The lowest BCUT2D eigenvalue weighted by Crippen LogP contribution is -2.35. The van der Waals surface area contributed by atoms with Crippen LogP contribution < -0.4 is 5.32 Å². The molecule has 1 saturated heterocycles. The maximum Gasteiger partial charge on any atom is 0.412 e. The zero-order valence-electron chi connectivity index (χ0n) is 16.9. The van der Waals surface area contributed by atoms with Gasteiger partial charge in [-0.15, -0.1) is 0 Å². The molecule has 29 heavy (non-hydrogen) atoms. The van der Waals surface area contributed by atoms with Gasteiger partial charge in [-0.2, -0.15) is 5.10 Å². The van der Waals surface area contributed by atoms with Crippen molar-refractivity contribution in [2.75, 3.05) is 31.6 Å². The molecule has 9 nitrogen and oxygen atoms in total. The first-order valence-corrected chi connectivity index (χ1v) is 9.70. The second-order valence-corrected chi connectivity index (χ2v) is 8.11. The number of nitrogens with zero attached hydrogens (tertiary/aromatic N) is 3. The fourth-order valence-electron chi connectivity index (χ4n) is 3.27. The van der Waals surface area contributed by atoms with Crippen LogP contribution in [0.25, 0.3) is 22.6 Å². The molecule has 3 heterocycles. The van der Waals surface area contributed by atoms with E-state index < -0.39 is 11.7 Å². The summed E-state index contributed by atoms with van der Waals surface area (Å²) in [6.45, 7) is 9.78. The summed E-state index contributed by atoms with van der Waals surface area (Å²) >= 11 is 0. The number of ether oxygens (including phenoxy) is 2. The van der Waals surface area contributed by atoms with Gasteiger partial charge in [0.05, 0.1) is 36.1 Å². The Kier molecular flexibility index (Phi) is 5.25. The van der Waals surface area contributed by atoms with E-state index in [0.29, 0.717) is 17.2 Å². The molecule has 154 valence electrons. The molecule has 1 aromatic carbocycles. The van der Waals surface area contributed by atoms with Crippen molar-refractivity contribution in [2.45, 2.75) is 32.9 Å². The van der Waals surface area contributed by atoms with Crippen molar-refractivity contribution in [3.63, 3.8) is 0 Å². The summed E-state index contributed by atoms with van der Waals surface area (Å²) < 4.78 is 10.7. The Bertz CT molecular complexity index is 997. The molecule has 0 aliphatic carbocycles. The molecule has 1 aliphatic heterocycles. The molecule has 0 spiro atoms. The first-order valence-electron chi connectivity index (χ1n) is 9.70. The van der Waals surface area contributed by atoms with Crippen LogP contribution in [0.4, 0.5) is 10.5 Å². The van der Waals surface area contributed by atoms with Gasteiger partial charge in [-0.3, -0.25) is 15.3 Å². The van der Waals surface area contributed by atoms with E-state index in [4.69, 9.17) is 9.47 Å². The highest BCUT2D eigenvalue weighted by Gasteiger charge is 2.20. The van der Waals surface area contributed by atoms with Crippen LogP contribution in [0.1, 0.15) is 26.3 Å². The van der Waals surface area contributed by atoms with E-state index in [0.717, 1.165) is 43.9 Å². The Morgan fingerprint density at radius 1 is 1.31 bits per heavy atom. The van der Waals surface area contributed by atoms with Crippen LogP contribution >= 0.6 is 0 Å². The second-order valence-electron chi connectivity index (χ2n) is 8.11. The third-order valence-electron chi connectivity index (χ3n) is 4.57. The van der Waals surface area contributed by atoms with Crippen LogP contribution in [-0.4, -0.2) is 63.1 Å². The Morgan fingerprint density at radius 3 is 2.86 bits per heavy atom. The lowest BCUT2D eigenvalue weighted by molar-refractivity contribution is 0.0342. The van der Waals surface area contributed by atoms with Crippen molar-refractivity contribution in [1.29, 1.82) is 0 Å². The van der Waals surface area contributed by atoms with Crippen molar-refractivity contribution < 1.29 is 14.3 Å². The lowest BCUT2D eigenvalue weighted by atomic mass is 10.2. The molecule has 0 saturated carbocycles. The predicted octanol–water partition coefficient (Wildman–Crippen LogP) is 3.13. The van der Waals surface area contributed by atoms with E-state index in [1.165, 1.54) is 11.8 Å². The zero-order chi connectivity index (χ0) is 20.4. The summed E-state index contributed by atoms with van der Waals surface area (Å²) in [4.78, 5) is 22.4. The number of imidazole rings is 1. The normalized spacial score (nSPS) is 15.6. The molecule has 2 aromatic heterocycles. The van der Waals surface area contributed by atoms with Crippen LogP contribution in [0.2, 0.25) is 0 Å². The summed E-state index contributed by atoms with van der Waals surface area (Å²) in [6.07, 6.45) is 1.00. The molecule has 0 radical (unpaired) electrons. The van der Waals surface area contributed by atoms with Crippen molar-refractivity contribution >= 4 is 22.8 Å². The Balaban J connectivity index is 1.53. The number of rotatable bonds is 4. The predicted molar refractivity (Wildman–Crippen MR) is 110 cm³/mol. The summed E-state index contributed by atoms with van der Waals surface area (Å²) in [5, 5.41) is 9.66. The van der Waals surface area contributed by atoms with E-state index in [1.54, 1.807) is 0 Å². The minimum Gasteiger partial charge on any atom is -0.444 e. The summed E-state index contributed by atoms with van der Waals surface area (Å²) in [5.41, 5.74) is 3.52. The highest BCUT2D eigenvalue weighted by molar-refractivity contribution is 5.90. The number of morpholine rings is 1. The fraction of sp³-hybridized carbons (Fsp3) is 0.450. The minimum atomic E-state index is -0.579. The monoisotopic (exact) mass is 398 g/mol. The van der Waals surface area contributed by atoms with Gasteiger partial charge < -0.3 is 14.5 Å². The van der Waals surface area contributed by atoms with Gasteiger partial charge in [0.15, 0.2) is 5.82 Å². The van der Waals surface area contributed by atoms with Crippen LogP contribution in [0.5, 0.6) is 0 Å². The van der Waals surface area contributed by atoms with Crippen molar-refractivity contribution in [3.05, 3.63) is 30.0 Å². The number of hydrogen-bond acceptors (Lipinski definition) is 6. The third-order valence-corrected chi connectivity index (χ3v) is 4.57. The van der Waals surface area contributed by atoms with Gasteiger partial charge in [0, 0.05) is 19.6 Å². The van der Waals surface area contributed by atoms with E-state index in [-0.39, 0.29) is 0 Å². The maximum atomic E-state index is 12.1. The molecule has 9 heteroatoms. The Morgan fingerprint density at radius 2 is 2.10 bits per heavy atom. The van der Waals surface area contributed by atoms with Gasteiger partial charge in [-0.05, 0) is 38.5 Å². The molecule has 3 N–H and O–H groups in total. The smallest absolute Gasteiger partial charge is 0.412 e. The SMILES string of the molecule is CC(C)(C)OC(=O)Nc1cn[nH]c1-c1nc2ccc(CN3CCOCC3)cc2[nH]1. The highest BCUT2D eigenvalue weighted by Crippen LogP contribution is 2.26. The summed E-state index contributed by atoms with van der Waals surface area (Å²) in [5.74, 6) is 0.604. The molecule has 3 aromatic rings. The number of amides is 1. The Hall–Kier alpha value is -2.91. The fourth-order valence-corrected chi connectivity index (χ4v) is 3.27. The molecule has 1 amide bonds. The maximum absolute atomic E-state index is 12.1. The molecule has 0 unspecified atom stereocenters. The van der Waals surface area contributed by atoms with Gasteiger partial charge in [-0.25, -0.2) is 9.78 Å². The highest BCUT2D eigenvalue weighted by atomic mass is 16.6. The van der Waals surface area contributed by atoms with E-state index in [1.807, 2.05) is 26.8 Å². The molecular weight excluding hydrogens is 372 g/mol. The first-order chi connectivity index (χ1) is 13.9. The molecule has 4 rings (SSSR count). The average Bonchev–Trinajstić information content (AvgIpc) is 3.27. The number of hydrogen-bond donors (Lipinski definition) is 3. The quantitative estimate of drug-likeness (QED) is 0.623. The third kappa shape index (κ3) is 4.75. The number of fused-ring (bicyclic) bond motifs is 1. The minimum absolute atomic E-state index is 0.506. The molecule has 1 fully saturated rings. The van der Waals surface area contributed by atoms with E-state index in [9.17, 15) is 4.79 Å². The standard InChI is InChI=1S/C20H26N6O3/c1-20(2,3)29-19(27)24-16-11-21-25-17(16)18-22-14-5-4-13(10-15(14)23-18)12-26-6-8-28-9-7-26/h4-5,10-11H,6-9,12H2,1-3H3,(H,21,25)(H,22,23)(H,24,27). The molecule has 0 atom stereocenters. The van der Waals surface area contributed by atoms with E-state index in [2.05, 4.69) is 42.5 Å². The van der Waals surface area contributed by atoms with Crippen LogP contribution in [-0.2, 0) is 16.0 Å². The molecular formula is C20H26N6O3. The van der Waals surface area contributed by atoms with Crippen molar-refractivity contribution in [2.24, 2.45) is 0 Å². The van der Waals surface area contributed by atoms with Gasteiger partial charge in [0.2, 0.25) is 0 Å². The van der Waals surface area contributed by atoms with Crippen LogP contribution in [0.15, 0.2) is 24.4 Å². The van der Waals surface area contributed by atoms with Gasteiger partial charge >= 0.3 is 6.09 Å². The Labute approximate surface area is 168 Å². The number of aromatic nitrogens is 4. The first kappa shape index (κ1) is 19.4. The van der Waals surface area contributed by atoms with Crippen LogP contribution in [0, 0.1) is 0 Å². The molecule has 0 bridgehead atoms. The van der Waals surface area contributed by atoms with Gasteiger partial charge in [0.25, 0.3) is 0 Å². The number of anilines is 1. The van der Waals surface area contributed by atoms with Crippen molar-refractivity contribution in [1.82, 2.24) is 25.1 Å². The number of H-pyrrole nitrogens is 2. The average molecular weight is 398 g/mol. The second kappa shape index (κ2) is 7.84. The number of carbonyl (C=O) groups is 1. The number of nitrogens with one attached hydrogen (secondary N) is 3. The summed E-state index contributed by atoms with van der Waals surface area (Å²) in [7, 11) is 0. The summed E-state index contributed by atoms with van der Waals surface area (Å²) in [6, 6.07) is 6.20. The number of carbonyl (C=O) groups excluding carboxylic acids is 1. The lowest BCUT2D eigenvalue weighted by Gasteiger charge is -2.26. The van der Waals surface area contributed by atoms with Crippen LogP contribution in [0.3, 0.4) is 0 Å². The zero-order valence-corrected chi connectivity index (χ0v) is 16.9.